The van der Waals surface area contributed by atoms with Crippen molar-refractivity contribution >= 4 is 24.3 Å². The molecule has 25 heavy (non-hydrogen) atoms. The zero-order valence-electron chi connectivity index (χ0n) is 15.1. The fourth-order valence-corrected chi connectivity index (χ4v) is 4.44. The molecule has 0 aromatic carbocycles. The summed E-state index contributed by atoms with van der Waals surface area (Å²) in [5.41, 5.74) is 0. The minimum Gasteiger partial charge on any atom is -0.338 e. The second-order valence-electron chi connectivity index (χ2n) is 7.52. The number of nitrogens with zero attached hydrogens (tertiary/aromatic N) is 1. The van der Waals surface area contributed by atoms with Crippen molar-refractivity contribution in [1.29, 1.82) is 0 Å². The van der Waals surface area contributed by atoms with Crippen LogP contribution < -0.4 is 16.0 Å². The van der Waals surface area contributed by atoms with Crippen molar-refractivity contribution in [3.8, 4) is 0 Å². The number of hydrogen-bond acceptors (Lipinski definition) is 3. The van der Waals surface area contributed by atoms with Crippen LogP contribution in [0.4, 0.5) is 4.79 Å². The maximum atomic E-state index is 12.5. The maximum absolute atomic E-state index is 12.5. The molecule has 3 aliphatic rings. The number of carbonyl (C=O) groups is 2. The number of hydrogen-bond donors (Lipinski definition) is 3. The third kappa shape index (κ3) is 5.74. The summed E-state index contributed by atoms with van der Waals surface area (Å²) in [7, 11) is 0. The predicted octanol–water partition coefficient (Wildman–Crippen LogP) is 2.17. The molecule has 1 aliphatic carbocycles. The largest absolute Gasteiger partial charge is 0.338 e. The van der Waals surface area contributed by atoms with E-state index in [1.54, 1.807) is 0 Å². The molecule has 3 fully saturated rings. The molecule has 1 saturated carbocycles. The Bertz CT molecular complexity index is 429. The van der Waals surface area contributed by atoms with E-state index in [9.17, 15) is 9.59 Å². The van der Waals surface area contributed by atoms with Gasteiger partial charge in [0.25, 0.3) is 0 Å². The third-order valence-corrected chi connectivity index (χ3v) is 5.74. The highest BCUT2D eigenvalue weighted by molar-refractivity contribution is 5.85. The number of nitrogens with one attached hydrogen (secondary N) is 3. The molecule has 2 heterocycles. The van der Waals surface area contributed by atoms with Gasteiger partial charge in [-0.3, -0.25) is 4.79 Å². The second kappa shape index (κ2) is 10.2. The number of carbonyl (C=O) groups excluding carboxylic acids is 2. The standard InChI is InChI=1S/C18H32N4O2.ClH/c23-17(22-15-8-9-16(22)13-19-12-10-15)7-4-11-20-18(24)21-14-5-2-1-3-6-14;/h14-16,19H,1-13H2,(H2,20,21,24);1H. The molecule has 0 aromatic heterocycles. The van der Waals surface area contributed by atoms with Crippen LogP contribution in [0.5, 0.6) is 0 Å². The van der Waals surface area contributed by atoms with E-state index in [1.807, 2.05) is 0 Å². The van der Waals surface area contributed by atoms with Crippen molar-refractivity contribution < 1.29 is 9.59 Å². The van der Waals surface area contributed by atoms with E-state index in [1.165, 1.54) is 19.3 Å². The van der Waals surface area contributed by atoms with Gasteiger partial charge in [0.1, 0.15) is 0 Å². The van der Waals surface area contributed by atoms with Gasteiger partial charge in [0, 0.05) is 37.6 Å². The Balaban J connectivity index is 0.00000225. The Kier molecular flexibility index (Phi) is 8.30. The molecule has 2 unspecified atom stereocenters. The molecule has 2 aliphatic heterocycles. The van der Waals surface area contributed by atoms with E-state index < -0.39 is 0 Å². The zero-order chi connectivity index (χ0) is 16.8. The van der Waals surface area contributed by atoms with Crippen LogP contribution in [0.25, 0.3) is 0 Å². The maximum Gasteiger partial charge on any atom is 0.315 e. The van der Waals surface area contributed by atoms with Gasteiger partial charge in [0.2, 0.25) is 5.91 Å². The van der Waals surface area contributed by atoms with Crippen molar-refractivity contribution in [1.82, 2.24) is 20.9 Å². The lowest BCUT2D eigenvalue weighted by molar-refractivity contribution is -0.133. The van der Waals surface area contributed by atoms with Crippen LogP contribution in [-0.4, -0.2) is 54.6 Å². The summed E-state index contributed by atoms with van der Waals surface area (Å²) in [4.78, 5) is 26.6. The summed E-state index contributed by atoms with van der Waals surface area (Å²) in [6.07, 6.45) is 10.5. The number of rotatable bonds is 5. The lowest BCUT2D eigenvalue weighted by Gasteiger charge is -2.28. The van der Waals surface area contributed by atoms with Crippen LogP contribution in [-0.2, 0) is 4.79 Å². The molecule has 3 N–H and O–H groups in total. The molecule has 0 radical (unpaired) electrons. The van der Waals surface area contributed by atoms with Crippen molar-refractivity contribution in [2.24, 2.45) is 0 Å². The fraction of sp³-hybridized carbons (Fsp3) is 0.889. The first-order valence-electron chi connectivity index (χ1n) is 9.80. The van der Waals surface area contributed by atoms with Gasteiger partial charge in [-0.1, -0.05) is 19.3 Å². The van der Waals surface area contributed by atoms with Crippen molar-refractivity contribution in [2.75, 3.05) is 19.6 Å². The van der Waals surface area contributed by atoms with Gasteiger partial charge in [0.15, 0.2) is 0 Å². The Labute approximate surface area is 157 Å². The van der Waals surface area contributed by atoms with Crippen LogP contribution in [0, 0.1) is 0 Å². The van der Waals surface area contributed by atoms with Gasteiger partial charge in [-0.25, -0.2) is 4.79 Å². The van der Waals surface area contributed by atoms with Crippen LogP contribution in [0.15, 0.2) is 0 Å². The summed E-state index contributed by atoms with van der Waals surface area (Å²) in [5, 5.41) is 9.38. The minimum atomic E-state index is -0.0756. The zero-order valence-corrected chi connectivity index (χ0v) is 15.9. The highest BCUT2D eigenvalue weighted by Gasteiger charge is 2.37. The minimum absolute atomic E-state index is 0. The second-order valence-corrected chi connectivity index (χ2v) is 7.52. The molecule has 144 valence electrons. The first-order valence-corrected chi connectivity index (χ1v) is 9.80. The Morgan fingerprint density at radius 2 is 1.76 bits per heavy atom. The topological polar surface area (TPSA) is 73.5 Å². The molecule has 2 saturated heterocycles. The summed E-state index contributed by atoms with van der Waals surface area (Å²) in [6, 6.07) is 1.07. The summed E-state index contributed by atoms with van der Waals surface area (Å²) < 4.78 is 0. The molecular weight excluding hydrogens is 340 g/mol. The van der Waals surface area contributed by atoms with Gasteiger partial charge in [-0.15, -0.1) is 12.4 Å². The van der Waals surface area contributed by atoms with Gasteiger partial charge in [-0.2, -0.15) is 0 Å². The summed E-state index contributed by atoms with van der Waals surface area (Å²) in [6.45, 7) is 2.53. The quantitative estimate of drug-likeness (QED) is 0.647. The van der Waals surface area contributed by atoms with Gasteiger partial charge < -0.3 is 20.9 Å². The monoisotopic (exact) mass is 372 g/mol. The Morgan fingerprint density at radius 1 is 1.00 bits per heavy atom. The SMILES string of the molecule is Cl.O=C(NCCCC(=O)N1C2CCNCC1CC2)NC1CCCCC1. The van der Waals surface area contributed by atoms with Crippen molar-refractivity contribution in [2.45, 2.75) is 82.3 Å². The van der Waals surface area contributed by atoms with Crippen molar-refractivity contribution in [3.05, 3.63) is 0 Å². The van der Waals surface area contributed by atoms with Gasteiger partial charge in [0.05, 0.1) is 0 Å². The van der Waals surface area contributed by atoms with Crippen LogP contribution in [0.3, 0.4) is 0 Å². The van der Waals surface area contributed by atoms with Crippen LogP contribution in [0.1, 0.15) is 64.2 Å². The molecule has 3 amide bonds. The molecule has 2 bridgehead atoms. The predicted molar refractivity (Wildman–Crippen MR) is 101 cm³/mol. The molecule has 2 atom stereocenters. The Morgan fingerprint density at radius 3 is 2.56 bits per heavy atom. The number of amides is 3. The number of fused-ring (bicyclic) bond motifs is 2. The normalized spacial score (nSPS) is 26.5. The van der Waals surface area contributed by atoms with Gasteiger partial charge in [-0.05, 0) is 45.1 Å². The molecular formula is C18H33ClN4O2. The fourth-order valence-electron chi connectivity index (χ4n) is 4.44. The number of halogens is 1. The van der Waals surface area contributed by atoms with E-state index in [4.69, 9.17) is 0 Å². The van der Waals surface area contributed by atoms with Gasteiger partial charge >= 0.3 is 6.03 Å². The van der Waals surface area contributed by atoms with Crippen LogP contribution in [0.2, 0.25) is 0 Å². The highest BCUT2D eigenvalue weighted by atomic mass is 35.5. The summed E-state index contributed by atoms with van der Waals surface area (Å²) >= 11 is 0. The van der Waals surface area contributed by atoms with E-state index in [0.29, 0.717) is 31.1 Å². The van der Waals surface area contributed by atoms with E-state index in [0.717, 1.165) is 51.6 Å². The Hall–Kier alpha value is -1.01. The molecule has 7 heteroatoms. The van der Waals surface area contributed by atoms with Crippen molar-refractivity contribution in [3.63, 3.8) is 0 Å². The molecule has 0 spiro atoms. The average Bonchev–Trinajstić information content (AvgIpc) is 2.85. The van der Waals surface area contributed by atoms with E-state index in [-0.39, 0.29) is 24.3 Å². The smallest absolute Gasteiger partial charge is 0.315 e. The average molecular weight is 373 g/mol. The molecule has 0 aromatic rings. The van der Waals surface area contributed by atoms with E-state index in [2.05, 4.69) is 20.9 Å². The van der Waals surface area contributed by atoms with Crippen LogP contribution >= 0.6 is 12.4 Å². The molecule has 3 rings (SSSR count). The van der Waals surface area contributed by atoms with E-state index >= 15 is 0 Å². The molecule has 6 nitrogen and oxygen atoms in total. The first kappa shape index (κ1) is 20.3. The lowest BCUT2D eigenvalue weighted by Crippen LogP contribution is -2.44. The number of urea groups is 1. The lowest BCUT2D eigenvalue weighted by atomic mass is 9.96. The summed E-state index contributed by atoms with van der Waals surface area (Å²) in [5.74, 6) is 0.265. The highest BCUT2D eigenvalue weighted by Crippen LogP contribution is 2.28. The third-order valence-electron chi connectivity index (χ3n) is 5.74. The first-order chi connectivity index (χ1) is 11.7.